The highest BCUT2D eigenvalue weighted by molar-refractivity contribution is 9.10. The van der Waals surface area contributed by atoms with E-state index in [-0.39, 0.29) is 5.76 Å². The van der Waals surface area contributed by atoms with Gasteiger partial charge in [-0.3, -0.25) is 0 Å². The third-order valence-electron chi connectivity index (χ3n) is 2.00. The molecule has 0 atom stereocenters. The van der Waals surface area contributed by atoms with Crippen molar-refractivity contribution in [2.24, 2.45) is 0 Å². The maximum Gasteiger partial charge on any atom is 0.375 e. The Kier molecular flexibility index (Phi) is 2.77. The van der Waals surface area contributed by atoms with Crippen LogP contribution in [0, 0.1) is 0 Å². The summed E-state index contributed by atoms with van der Waals surface area (Å²) in [7, 11) is 0. The van der Waals surface area contributed by atoms with Gasteiger partial charge < -0.3 is 9.15 Å². The number of hydrogen-bond donors (Lipinski definition) is 0. The first-order valence-electron chi connectivity index (χ1n) is 4.58. The Labute approximate surface area is 95.1 Å². The van der Waals surface area contributed by atoms with Crippen LogP contribution in [-0.2, 0) is 4.74 Å². The highest BCUT2D eigenvalue weighted by Crippen LogP contribution is 2.30. The highest BCUT2D eigenvalue weighted by atomic mass is 79.9. The molecule has 0 saturated heterocycles. The van der Waals surface area contributed by atoms with E-state index >= 15 is 0 Å². The van der Waals surface area contributed by atoms with Crippen LogP contribution in [0.15, 0.2) is 33.2 Å². The Balaban J connectivity index is 2.53. The fourth-order valence-electron chi connectivity index (χ4n) is 1.34. The Morgan fingerprint density at radius 2 is 2.20 bits per heavy atom. The molecular weight excluding hydrogens is 260 g/mol. The first-order valence-corrected chi connectivity index (χ1v) is 5.37. The van der Waals surface area contributed by atoms with Crippen LogP contribution in [0.4, 0.5) is 0 Å². The summed E-state index contributed by atoms with van der Waals surface area (Å²) in [6, 6.07) is 7.43. The molecule has 15 heavy (non-hydrogen) atoms. The topological polar surface area (TPSA) is 39.4 Å². The number of furan rings is 1. The molecule has 0 aliphatic rings. The van der Waals surface area contributed by atoms with E-state index in [1.807, 2.05) is 24.3 Å². The van der Waals surface area contributed by atoms with E-state index < -0.39 is 5.97 Å². The number of para-hydroxylation sites is 1. The normalized spacial score (nSPS) is 10.5. The number of carbonyl (C=O) groups excluding carboxylic acids is 1. The van der Waals surface area contributed by atoms with Gasteiger partial charge in [0.2, 0.25) is 5.76 Å². The van der Waals surface area contributed by atoms with Crippen molar-refractivity contribution in [1.82, 2.24) is 0 Å². The minimum Gasteiger partial charge on any atom is -0.460 e. The van der Waals surface area contributed by atoms with Gasteiger partial charge in [0.15, 0.2) is 0 Å². The van der Waals surface area contributed by atoms with Crippen LogP contribution in [0.25, 0.3) is 11.0 Å². The van der Waals surface area contributed by atoms with Crippen molar-refractivity contribution < 1.29 is 13.9 Å². The van der Waals surface area contributed by atoms with E-state index in [4.69, 9.17) is 9.15 Å². The third-order valence-corrected chi connectivity index (χ3v) is 2.78. The van der Waals surface area contributed by atoms with Crippen molar-refractivity contribution in [3.63, 3.8) is 0 Å². The summed E-state index contributed by atoms with van der Waals surface area (Å²) < 4.78 is 10.9. The van der Waals surface area contributed by atoms with Gasteiger partial charge in [0.05, 0.1) is 11.1 Å². The molecule has 0 spiro atoms. The van der Waals surface area contributed by atoms with Gasteiger partial charge in [-0.05, 0) is 35.0 Å². The molecule has 3 nitrogen and oxygen atoms in total. The van der Waals surface area contributed by atoms with Crippen molar-refractivity contribution >= 4 is 32.9 Å². The van der Waals surface area contributed by atoms with Crippen LogP contribution in [0.2, 0.25) is 0 Å². The second kappa shape index (κ2) is 4.06. The summed E-state index contributed by atoms with van der Waals surface area (Å²) in [6.45, 7) is 2.09. The molecule has 0 radical (unpaired) electrons. The molecule has 0 bridgehead atoms. The van der Waals surface area contributed by atoms with E-state index in [0.29, 0.717) is 16.7 Å². The fourth-order valence-corrected chi connectivity index (χ4v) is 1.91. The molecule has 0 aliphatic heterocycles. The molecule has 0 amide bonds. The zero-order valence-electron chi connectivity index (χ0n) is 8.12. The molecule has 0 saturated carbocycles. The van der Waals surface area contributed by atoms with Gasteiger partial charge >= 0.3 is 5.97 Å². The lowest BCUT2D eigenvalue weighted by molar-refractivity contribution is 0.0491. The molecule has 0 fully saturated rings. The Morgan fingerprint density at radius 1 is 1.47 bits per heavy atom. The number of rotatable bonds is 2. The van der Waals surface area contributed by atoms with E-state index in [1.165, 1.54) is 0 Å². The van der Waals surface area contributed by atoms with Crippen molar-refractivity contribution in [3.8, 4) is 0 Å². The third kappa shape index (κ3) is 1.77. The minimum absolute atomic E-state index is 0.220. The number of hydrogen-bond acceptors (Lipinski definition) is 3. The number of benzene rings is 1. The molecule has 1 heterocycles. The molecule has 2 rings (SSSR count). The molecular formula is C11H9BrO3. The summed E-state index contributed by atoms with van der Waals surface area (Å²) >= 11 is 3.33. The van der Waals surface area contributed by atoms with Crippen LogP contribution in [0.3, 0.4) is 0 Å². The van der Waals surface area contributed by atoms with Crippen LogP contribution >= 0.6 is 15.9 Å². The molecule has 78 valence electrons. The fraction of sp³-hybridized carbons (Fsp3) is 0.182. The van der Waals surface area contributed by atoms with Gasteiger partial charge in [-0.1, -0.05) is 12.1 Å². The van der Waals surface area contributed by atoms with Crippen molar-refractivity contribution in [2.75, 3.05) is 6.61 Å². The molecule has 0 N–H and O–H groups in total. The Hall–Kier alpha value is -1.29. The number of esters is 1. The first-order chi connectivity index (χ1) is 7.24. The number of ether oxygens (including phenoxy) is 1. The van der Waals surface area contributed by atoms with E-state index in [1.54, 1.807) is 6.92 Å². The monoisotopic (exact) mass is 268 g/mol. The average molecular weight is 269 g/mol. The van der Waals surface area contributed by atoms with Crippen molar-refractivity contribution in [3.05, 3.63) is 34.5 Å². The second-order valence-corrected chi connectivity index (χ2v) is 3.75. The number of halogens is 1. The molecule has 4 heteroatoms. The number of fused-ring (bicyclic) bond motifs is 1. The van der Waals surface area contributed by atoms with E-state index in [9.17, 15) is 4.79 Å². The SMILES string of the molecule is CCOC(=O)c1oc2ccccc2c1Br. The lowest BCUT2D eigenvalue weighted by Gasteiger charge is -1.97. The van der Waals surface area contributed by atoms with Gasteiger partial charge in [0.25, 0.3) is 0 Å². The lowest BCUT2D eigenvalue weighted by atomic mass is 10.2. The van der Waals surface area contributed by atoms with E-state index in [2.05, 4.69) is 15.9 Å². The zero-order chi connectivity index (χ0) is 10.8. The highest BCUT2D eigenvalue weighted by Gasteiger charge is 2.19. The second-order valence-electron chi connectivity index (χ2n) is 2.96. The number of carbonyl (C=O) groups is 1. The summed E-state index contributed by atoms with van der Waals surface area (Å²) in [5.74, 6) is -0.223. The molecule has 0 unspecified atom stereocenters. The van der Waals surface area contributed by atoms with Crippen molar-refractivity contribution in [1.29, 1.82) is 0 Å². The van der Waals surface area contributed by atoms with Gasteiger partial charge in [0, 0.05) is 5.39 Å². The predicted molar refractivity (Wildman–Crippen MR) is 59.9 cm³/mol. The van der Waals surface area contributed by atoms with Crippen LogP contribution in [0.1, 0.15) is 17.5 Å². The quantitative estimate of drug-likeness (QED) is 0.784. The summed E-state index contributed by atoms with van der Waals surface area (Å²) in [4.78, 5) is 11.5. The summed E-state index contributed by atoms with van der Waals surface area (Å²) in [5, 5.41) is 0.876. The van der Waals surface area contributed by atoms with Crippen LogP contribution in [0.5, 0.6) is 0 Å². The zero-order valence-corrected chi connectivity index (χ0v) is 9.71. The molecule has 0 aliphatic carbocycles. The molecule has 1 aromatic carbocycles. The van der Waals surface area contributed by atoms with Gasteiger partial charge in [-0.2, -0.15) is 0 Å². The first kappa shape index (κ1) is 10.2. The maximum atomic E-state index is 11.5. The maximum absolute atomic E-state index is 11.5. The largest absolute Gasteiger partial charge is 0.460 e. The smallest absolute Gasteiger partial charge is 0.375 e. The lowest BCUT2D eigenvalue weighted by Crippen LogP contribution is -2.03. The minimum atomic E-state index is -0.444. The Morgan fingerprint density at radius 3 is 2.87 bits per heavy atom. The molecule has 2 aromatic rings. The Bertz CT molecular complexity index is 502. The van der Waals surface area contributed by atoms with Gasteiger partial charge in [-0.15, -0.1) is 0 Å². The van der Waals surface area contributed by atoms with Crippen molar-refractivity contribution in [2.45, 2.75) is 6.92 Å². The summed E-state index contributed by atoms with van der Waals surface area (Å²) in [5.41, 5.74) is 0.674. The molecule has 1 aromatic heterocycles. The predicted octanol–water partition coefficient (Wildman–Crippen LogP) is 3.37. The van der Waals surface area contributed by atoms with Crippen LogP contribution in [-0.4, -0.2) is 12.6 Å². The standard InChI is InChI=1S/C11H9BrO3/c1-2-14-11(13)10-9(12)7-5-3-4-6-8(7)15-10/h3-6H,2H2,1H3. The average Bonchev–Trinajstić information content (AvgIpc) is 2.57. The van der Waals surface area contributed by atoms with Gasteiger partial charge in [0.1, 0.15) is 5.58 Å². The van der Waals surface area contributed by atoms with Gasteiger partial charge in [-0.25, -0.2) is 4.79 Å². The van der Waals surface area contributed by atoms with Crippen LogP contribution < -0.4 is 0 Å². The summed E-state index contributed by atoms with van der Waals surface area (Å²) in [6.07, 6.45) is 0. The van der Waals surface area contributed by atoms with E-state index in [0.717, 1.165) is 5.39 Å².